The summed E-state index contributed by atoms with van der Waals surface area (Å²) in [5, 5.41) is 6.35. The molecular formula is C25H26F8N6O3S. The summed E-state index contributed by atoms with van der Waals surface area (Å²) in [6.07, 6.45) is -2.55. The van der Waals surface area contributed by atoms with Crippen molar-refractivity contribution in [2.75, 3.05) is 49.5 Å². The van der Waals surface area contributed by atoms with E-state index in [-0.39, 0.29) is 87.9 Å². The van der Waals surface area contributed by atoms with Gasteiger partial charge in [0.1, 0.15) is 22.0 Å². The monoisotopic (exact) mass is 642 g/mol. The Morgan fingerprint density at radius 2 is 1.51 bits per heavy atom. The van der Waals surface area contributed by atoms with E-state index in [1.807, 2.05) is 0 Å². The SMILES string of the molecule is O=C(Nc1ccc(S(F)(F)(F)(F)F)cc1)N1CCC2(CC1)CC(C(=O)N1CCN(c3ncccc3C(F)(F)F)CC1)=NO2. The van der Waals surface area contributed by atoms with E-state index in [0.29, 0.717) is 0 Å². The quantitative estimate of drug-likeness (QED) is 0.399. The fraction of sp³-hybridized carbons (Fsp3) is 0.440. The minimum atomic E-state index is -9.83. The van der Waals surface area contributed by atoms with Crippen molar-refractivity contribution >= 4 is 39.4 Å². The third kappa shape index (κ3) is 6.73. The Balaban J connectivity index is 1.11. The lowest BCUT2D eigenvalue weighted by atomic mass is 9.86. The Morgan fingerprint density at radius 1 is 0.884 bits per heavy atom. The van der Waals surface area contributed by atoms with Gasteiger partial charge in [0, 0.05) is 70.4 Å². The zero-order valence-corrected chi connectivity index (χ0v) is 23.1. The number of alkyl halides is 3. The van der Waals surface area contributed by atoms with Gasteiger partial charge in [0.25, 0.3) is 5.91 Å². The highest BCUT2D eigenvalue weighted by Gasteiger charge is 2.65. The molecule has 0 radical (unpaired) electrons. The molecule has 0 atom stereocenters. The number of oxime groups is 1. The first-order valence-electron chi connectivity index (χ1n) is 13.1. The fourth-order valence-corrected chi connectivity index (χ4v) is 5.84. The number of amides is 3. The van der Waals surface area contributed by atoms with E-state index in [9.17, 15) is 42.2 Å². The van der Waals surface area contributed by atoms with Crippen LogP contribution >= 0.6 is 10.2 Å². The molecule has 9 nitrogen and oxygen atoms in total. The van der Waals surface area contributed by atoms with Crippen molar-refractivity contribution in [1.29, 1.82) is 0 Å². The number of carbonyl (C=O) groups excluding carboxylic acids is 2. The van der Waals surface area contributed by atoms with Gasteiger partial charge in [-0.15, -0.1) is 0 Å². The third-order valence-electron chi connectivity index (χ3n) is 7.56. The molecular weight excluding hydrogens is 616 g/mol. The van der Waals surface area contributed by atoms with E-state index < -0.39 is 44.4 Å². The van der Waals surface area contributed by atoms with Crippen molar-refractivity contribution < 1.29 is 47.0 Å². The lowest BCUT2D eigenvalue weighted by Crippen LogP contribution is -2.52. The second kappa shape index (κ2) is 9.85. The molecule has 1 N–H and O–H groups in total. The first-order valence-corrected chi connectivity index (χ1v) is 15.0. The average Bonchev–Trinajstić information content (AvgIpc) is 3.35. The minimum Gasteiger partial charge on any atom is -0.388 e. The Morgan fingerprint density at radius 3 is 2.09 bits per heavy atom. The van der Waals surface area contributed by atoms with E-state index in [4.69, 9.17) is 4.84 Å². The van der Waals surface area contributed by atoms with Crippen LogP contribution in [0.3, 0.4) is 0 Å². The van der Waals surface area contributed by atoms with Crippen molar-refractivity contribution in [1.82, 2.24) is 14.8 Å². The summed E-state index contributed by atoms with van der Waals surface area (Å²) in [6.45, 7) is 0.898. The molecule has 3 aliphatic heterocycles. The Kier molecular flexibility index (Phi) is 7.01. The number of benzene rings is 1. The topological polar surface area (TPSA) is 90.4 Å². The zero-order valence-electron chi connectivity index (χ0n) is 22.3. The largest absolute Gasteiger partial charge is 0.419 e. The van der Waals surface area contributed by atoms with Gasteiger partial charge in [-0.1, -0.05) is 24.6 Å². The van der Waals surface area contributed by atoms with Crippen LogP contribution in [0.1, 0.15) is 24.8 Å². The molecule has 2 aromatic rings. The molecule has 3 amide bonds. The zero-order chi connectivity index (χ0) is 31.3. The number of rotatable bonds is 4. The number of anilines is 2. The van der Waals surface area contributed by atoms with Crippen molar-refractivity contribution in [3.63, 3.8) is 0 Å². The summed E-state index contributed by atoms with van der Waals surface area (Å²) in [5.74, 6) is -0.594. The van der Waals surface area contributed by atoms with Crippen LogP contribution in [0.4, 0.5) is 48.9 Å². The summed E-state index contributed by atoms with van der Waals surface area (Å²) in [5.41, 5.74) is -1.64. The molecule has 0 unspecified atom stereocenters. The Hall–Kier alpha value is -3.83. The summed E-state index contributed by atoms with van der Waals surface area (Å²) >= 11 is 0. The average molecular weight is 643 g/mol. The molecule has 0 saturated carbocycles. The number of hydrogen-bond acceptors (Lipinski definition) is 6. The minimum absolute atomic E-state index is 0.0954. The first kappa shape index (κ1) is 30.6. The normalized spacial score (nSPS) is 20.7. The van der Waals surface area contributed by atoms with Gasteiger partial charge in [-0.2, -0.15) is 13.2 Å². The van der Waals surface area contributed by atoms with Gasteiger partial charge in [-0.25, -0.2) is 9.78 Å². The number of carbonyl (C=O) groups is 2. The number of pyridine rings is 1. The van der Waals surface area contributed by atoms with Crippen LogP contribution in [0.2, 0.25) is 0 Å². The summed E-state index contributed by atoms with van der Waals surface area (Å²) in [4.78, 5) is 37.5. The number of hydrogen-bond donors (Lipinski definition) is 1. The van der Waals surface area contributed by atoms with Gasteiger partial charge in [-0.05, 0) is 36.4 Å². The van der Waals surface area contributed by atoms with Crippen LogP contribution in [0, 0.1) is 0 Å². The number of likely N-dealkylation sites (tertiary alicyclic amines) is 1. The van der Waals surface area contributed by atoms with Gasteiger partial charge in [-0.3, -0.25) is 4.79 Å². The van der Waals surface area contributed by atoms with Crippen LogP contribution in [0.5, 0.6) is 0 Å². The molecule has 2 fully saturated rings. The standard InChI is InChI=1S/C25H26F8N6O3S/c26-25(27,28)19-2-1-9-34-21(19)37-12-14-38(15-13-37)22(40)20-16-24(42-36-20)7-10-39(11-8-24)23(41)35-17-3-5-18(6-4-17)43(29,30,31,32)33/h1-6,9H,7-8,10-16H2,(H,35,41). The molecule has 5 rings (SSSR count). The summed E-state index contributed by atoms with van der Waals surface area (Å²) in [6, 6.07) is 3.43. The number of aromatic nitrogens is 1. The Bertz CT molecular complexity index is 1440. The predicted octanol–water partition coefficient (Wildman–Crippen LogP) is 6.25. The van der Waals surface area contributed by atoms with E-state index in [1.54, 1.807) is 0 Å². The second-order valence-electron chi connectivity index (χ2n) is 10.6. The lowest BCUT2D eigenvalue weighted by molar-refractivity contribution is -0.137. The first-order chi connectivity index (χ1) is 19.8. The van der Waals surface area contributed by atoms with Gasteiger partial charge < -0.3 is 24.9 Å². The van der Waals surface area contributed by atoms with E-state index in [2.05, 4.69) is 15.5 Å². The number of piperidine rings is 1. The second-order valence-corrected chi connectivity index (χ2v) is 13.0. The van der Waals surface area contributed by atoms with Crippen molar-refractivity contribution in [3.05, 3.63) is 48.2 Å². The predicted molar refractivity (Wildman–Crippen MR) is 142 cm³/mol. The van der Waals surface area contributed by atoms with Crippen LogP contribution in [-0.4, -0.2) is 77.3 Å². The van der Waals surface area contributed by atoms with E-state index in [0.717, 1.165) is 18.2 Å². The number of nitrogens with one attached hydrogen (secondary N) is 1. The molecule has 236 valence electrons. The maximum atomic E-state index is 13.4. The number of piperazine rings is 1. The molecule has 4 heterocycles. The molecule has 0 bridgehead atoms. The molecule has 3 aliphatic rings. The van der Waals surface area contributed by atoms with Crippen LogP contribution in [-0.2, 0) is 15.8 Å². The van der Waals surface area contributed by atoms with Crippen LogP contribution in [0.15, 0.2) is 52.6 Å². The van der Waals surface area contributed by atoms with Crippen LogP contribution < -0.4 is 10.2 Å². The van der Waals surface area contributed by atoms with Crippen LogP contribution in [0.25, 0.3) is 0 Å². The maximum Gasteiger partial charge on any atom is 0.419 e. The van der Waals surface area contributed by atoms with Crippen molar-refractivity contribution in [2.45, 2.75) is 35.9 Å². The van der Waals surface area contributed by atoms with Gasteiger partial charge in [0.2, 0.25) is 0 Å². The maximum absolute atomic E-state index is 13.4. The molecule has 1 aromatic carbocycles. The van der Waals surface area contributed by atoms with Gasteiger partial charge >= 0.3 is 22.4 Å². The summed E-state index contributed by atoms with van der Waals surface area (Å²) in [7, 11) is -9.83. The fourth-order valence-electron chi connectivity index (χ4n) is 5.19. The summed E-state index contributed by atoms with van der Waals surface area (Å²) < 4.78 is 105. The smallest absolute Gasteiger partial charge is 0.388 e. The van der Waals surface area contributed by atoms with E-state index in [1.165, 1.54) is 27.0 Å². The highest BCUT2D eigenvalue weighted by Crippen LogP contribution is 3.02. The van der Waals surface area contributed by atoms with E-state index >= 15 is 0 Å². The van der Waals surface area contributed by atoms with Gasteiger partial charge in [0.15, 0.2) is 0 Å². The van der Waals surface area contributed by atoms with Crippen molar-refractivity contribution in [3.8, 4) is 0 Å². The molecule has 0 aliphatic carbocycles. The lowest BCUT2D eigenvalue weighted by Gasteiger charge is -2.40. The highest BCUT2D eigenvalue weighted by atomic mass is 32.5. The molecule has 1 aromatic heterocycles. The molecule has 1 spiro atoms. The molecule has 43 heavy (non-hydrogen) atoms. The Labute approximate surface area is 240 Å². The molecule has 18 heteroatoms. The van der Waals surface area contributed by atoms with Crippen molar-refractivity contribution in [2.24, 2.45) is 5.16 Å². The number of halogens is 8. The highest BCUT2D eigenvalue weighted by molar-refractivity contribution is 8.45. The number of nitrogens with zero attached hydrogens (tertiary/aromatic N) is 5. The van der Waals surface area contributed by atoms with Gasteiger partial charge in [0.05, 0.1) is 5.56 Å². The number of urea groups is 1. The molecule has 2 saturated heterocycles. The third-order valence-corrected chi connectivity index (χ3v) is 8.72.